The van der Waals surface area contributed by atoms with E-state index in [4.69, 9.17) is 16.3 Å². The second-order valence-corrected chi connectivity index (χ2v) is 5.25. The minimum Gasteiger partial charge on any atom is -0.461 e. The fourth-order valence-electron chi connectivity index (χ4n) is 2.25. The molecular weight excluding hydrogens is 250 g/mol. The van der Waals surface area contributed by atoms with E-state index in [1.807, 2.05) is 18.2 Å². The van der Waals surface area contributed by atoms with E-state index in [1.54, 1.807) is 6.07 Å². The van der Waals surface area contributed by atoms with Gasteiger partial charge in [0.2, 0.25) is 0 Å². The predicted molar refractivity (Wildman–Crippen MR) is 71.4 cm³/mol. The highest BCUT2D eigenvalue weighted by atomic mass is 35.5. The lowest BCUT2D eigenvalue weighted by atomic mass is 9.93. The van der Waals surface area contributed by atoms with Gasteiger partial charge in [0.1, 0.15) is 6.61 Å². The van der Waals surface area contributed by atoms with Gasteiger partial charge in [-0.2, -0.15) is 0 Å². The molecule has 1 aromatic carbocycles. The van der Waals surface area contributed by atoms with Crippen LogP contribution in [0.1, 0.15) is 25.3 Å². The van der Waals surface area contributed by atoms with Crippen molar-refractivity contribution in [3.8, 4) is 0 Å². The lowest BCUT2D eigenvalue weighted by Crippen LogP contribution is -2.39. The number of nitrogens with one attached hydrogen (secondary N) is 1. The molecule has 1 fully saturated rings. The minimum absolute atomic E-state index is 0.0282. The van der Waals surface area contributed by atoms with E-state index >= 15 is 0 Å². The minimum atomic E-state index is -0.0941. The van der Waals surface area contributed by atoms with Crippen LogP contribution in [0.25, 0.3) is 0 Å². The molecule has 18 heavy (non-hydrogen) atoms. The standard InChI is InChI=1S/C14H18ClNO2/c1-10-7-12(5-6-16-10)14(17)18-9-11-3-2-4-13(15)8-11/h2-4,8,10,12,16H,5-7,9H2,1H3. The van der Waals surface area contributed by atoms with Crippen molar-refractivity contribution in [2.45, 2.75) is 32.4 Å². The van der Waals surface area contributed by atoms with Gasteiger partial charge in [-0.3, -0.25) is 4.79 Å². The smallest absolute Gasteiger partial charge is 0.309 e. The fourth-order valence-corrected chi connectivity index (χ4v) is 2.46. The Morgan fingerprint density at radius 3 is 3.11 bits per heavy atom. The molecule has 4 heteroatoms. The first kappa shape index (κ1) is 13.4. The van der Waals surface area contributed by atoms with Crippen LogP contribution in [0.4, 0.5) is 0 Å². The van der Waals surface area contributed by atoms with Crippen LogP contribution in [0, 0.1) is 5.92 Å². The molecular formula is C14H18ClNO2. The van der Waals surface area contributed by atoms with Crippen molar-refractivity contribution in [2.24, 2.45) is 5.92 Å². The molecule has 3 nitrogen and oxygen atoms in total. The van der Waals surface area contributed by atoms with Crippen LogP contribution in [0.3, 0.4) is 0 Å². The van der Waals surface area contributed by atoms with E-state index in [0.717, 1.165) is 24.9 Å². The van der Waals surface area contributed by atoms with Gasteiger partial charge in [-0.05, 0) is 44.0 Å². The Morgan fingerprint density at radius 2 is 2.39 bits per heavy atom. The van der Waals surface area contributed by atoms with Crippen LogP contribution in [0.5, 0.6) is 0 Å². The van der Waals surface area contributed by atoms with Gasteiger partial charge in [0.05, 0.1) is 5.92 Å². The Labute approximate surface area is 112 Å². The number of carbonyl (C=O) groups is 1. The van der Waals surface area contributed by atoms with Crippen molar-refractivity contribution in [3.05, 3.63) is 34.9 Å². The van der Waals surface area contributed by atoms with Crippen molar-refractivity contribution < 1.29 is 9.53 Å². The number of hydrogen-bond donors (Lipinski definition) is 1. The third kappa shape index (κ3) is 3.72. The Hall–Kier alpha value is -1.06. The summed E-state index contributed by atoms with van der Waals surface area (Å²) in [5.41, 5.74) is 0.929. The molecule has 2 rings (SSSR count). The number of carbonyl (C=O) groups excluding carboxylic acids is 1. The second kappa shape index (κ2) is 6.21. The quantitative estimate of drug-likeness (QED) is 0.856. The number of esters is 1. The number of benzene rings is 1. The zero-order chi connectivity index (χ0) is 13.0. The lowest BCUT2D eigenvalue weighted by molar-refractivity contribution is -0.151. The first-order valence-corrected chi connectivity index (χ1v) is 6.67. The summed E-state index contributed by atoms with van der Waals surface area (Å²) in [6, 6.07) is 7.78. The maximum atomic E-state index is 11.9. The molecule has 0 amide bonds. The van der Waals surface area contributed by atoms with E-state index in [9.17, 15) is 4.79 Å². The normalized spacial score (nSPS) is 23.7. The summed E-state index contributed by atoms with van der Waals surface area (Å²) in [7, 11) is 0. The summed E-state index contributed by atoms with van der Waals surface area (Å²) in [4.78, 5) is 11.9. The van der Waals surface area contributed by atoms with E-state index in [0.29, 0.717) is 17.7 Å². The molecule has 98 valence electrons. The Balaban J connectivity index is 1.84. The van der Waals surface area contributed by atoms with Crippen LogP contribution in [-0.4, -0.2) is 18.6 Å². The van der Waals surface area contributed by atoms with Gasteiger partial charge in [-0.25, -0.2) is 0 Å². The first-order valence-electron chi connectivity index (χ1n) is 6.29. The molecule has 0 saturated carbocycles. The van der Waals surface area contributed by atoms with Crippen molar-refractivity contribution in [1.29, 1.82) is 0 Å². The van der Waals surface area contributed by atoms with E-state index < -0.39 is 0 Å². The van der Waals surface area contributed by atoms with Crippen LogP contribution < -0.4 is 5.32 Å². The molecule has 1 N–H and O–H groups in total. The summed E-state index contributed by atoms with van der Waals surface area (Å²) >= 11 is 5.88. The highest BCUT2D eigenvalue weighted by molar-refractivity contribution is 6.30. The summed E-state index contributed by atoms with van der Waals surface area (Å²) in [5, 5.41) is 3.99. The van der Waals surface area contributed by atoms with Crippen molar-refractivity contribution in [3.63, 3.8) is 0 Å². The van der Waals surface area contributed by atoms with Gasteiger partial charge >= 0.3 is 5.97 Å². The molecule has 0 aliphatic carbocycles. The molecule has 1 heterocycles. The zero-order valence-corrected chi connectivity index (χ0v) is 11.2. The lowest BCUT2D eigenvalue weighted by Gasteiger charge is -2.26. The average Bonchev–Trinajstić information content (AvgIpc) is 2.36. The number of halogens is 1. The van der Waals surface area contributed by atoms with Gasteiger partial charge < -0.3 is 10.1 Å². The third-order valence-electron chi connectivity index (χ3n) is 3.23. The number of ether oxygens (including phenoxy) is 1. The molecule has 0 aromatic heterocycles. The predicted octanol–water partition coefficient (Wildman–Crippen LogP) is 2.77. The maximum Gasteiger partial charge on any atom is 0.309 e. The molecule has 1 aliphatic heterocycles. The molecule has 1 saturated heterocycles. The van der Waals surface area contributed by atoms with Crippen molar-refractivity contribution in [2.75, 3.05) is 6.54 Å². The fraction of sp³-hybridized carbons (Fsp3) is 0.500. The summed E-state index contributed by atoms with van der Waals surface area (Å²) in [6.45, 7) is 3.28. The van der Waals surface area contributed by atoms with Gasteiger partial charge in [0, 0.05) is 11.1 Å². The van der Waals surface area contributed by atoms with E-state index in [2.05, 4.69) is 12.2 Å². The topological polar surface area (TPSA) is 38.3 Å². The Morgan fingerprint density at radius 1 is 1.56 bits per heavy atom. The van der Waals surface area contributed by atoms with Crippen LogP contribution in [-0.2, 0) is 16.1 Å². The van der Waals surface area contributed by atoms with Crippen LogP contribution in [0.15, 0.2) is 24.3 Å². The average molecular weight is 268 g/mol. The number of rotatable bonds is 3. The third-order valence-corrected chi connectivity index (χ3v) is 3.46. The molecule has 2 atom stereocenters. The van der Waals surface area contributed by atoms with E-state index in [1.165, 1.54) is 0 Å². The SMILES string of the molecule is CC1CC(C(=O)OCc2cccc(Cl)c2)CCN1. The highest BCUT2D eigenvalue weighted by Crippen LogP contribution is 2.19. The summed E-state index contributed by atoms with van der Waals surface area (Å²) < 4.78 is 5.35. The first-order chi connectivity index (χ1) is 8.65. The maximum absolute atomic E-state index is 11.9. The van der Waals surface area contributed by atoms with Crippen LogP contribution >= 0.6 is 11.6 Å². The number of hydrogen-bond acceptors (Lipinski definition) is 3. The highest BCUT2D eigenvalue weighted by Gasteiger charge is 2.25. The van der Waals surface area contributed by atoms with Crippen molar-refractivity contribution >= 4 is 17.6 Å². The Kier molecular flexibility index (Phi) is 4.61. The van der Waals surface area contributed by atoms with Gasteiger partial charge in [0.15, 0.2) is 0 Å². The summed E-state index contributed by atoms with van der Waals surface area (Å²) in [6.07, 6.45) is 1.72. The van der Waals surface area contributed by atoms with Gasteiger partial charge in [0.25, 0.3) is 0 Å². The Bertz CT molecular complexity index is 422. The van der Waals surface area contributed by atoms with Gasteiger partial charge in [-0.15, -0.1) is 0 Å². The molecule has 0 spiro atoms. The monoisotopic (exact) mass is 267 g/mol. The van der Waals surface area contributed by atoms with Crippen molar-refractivity contribution in [1.82, 2.24) is 5.32 Å². The molecule has 1 aromatic rings. The number of piperidine rings is 1. The van der Waals surface area contributed by atoms with Gasteiger partial charge in [-0.1, -0.05) is 23.7 Å². The summed E-state index contributed by atoms with van der Waals surface area (Å²) in [5.74, 6) is -0.0660. The second-order valence-electron chi connectivity index (χ2n) is 4.81. The van der Waals surface area contributed by atoms with E-state index in [-0.39, 0.29) is 11.9 Å². The zero-order valence-electron chi connectivity index (χ0n) is 10.5. The van der Waals surface area contributed by atoms with Crippen LogP contribution in [0.2, 0.25) is 5.02 Å². The largest absolute Gasteiger partial charge is 0.461 e. The molecule has 2 unspecified atom stereocenters. The molecule has 1 aliphatic rings. The molecule has 0 radical (unpaired) electrons. The molecule has 0 bridgehead atoms.